The number of hydrogen-bond acceptors (Lipinski definition) is 6. The summed E-state index contributed by atoms with van der Waals surface area (Å²) in [6.45, 7) is 15.3. The number of methoxy groups -OCH3 is 6. The second-order valence-corrected chi connectivity index (χ2v) is 15.0. The van der Waals surface area contributed by atoms with Gasteiger partial charge in [0.05, 0.1) is 42.7 Å². The fraction of sp³-hybridized carbons (Fsp3) is 0.389. The minimum Gasteiger partial charge on any atom is -0.497 e. The van der Waals surface area contributed by atoms with Crippen molar-refractivity contribution in [1.82, 2.24) is 0 Å². The first-order valence-electron chi connectivity index (χ1n) is 14.5. The summed E-state index contributed by atoms with van der Waals surface area (Å²) in [5.74, 6) is 4.76. The van der Waals surface area contributed by atoms with E-state index in [0.717, 1.165) is 66.7 Å². The molecular formula is C36H46O6Si. The highest BCUT2D eigenvalue weighted by Gasteiger charge is 2.53. The molecule has 0 N–H and O–H groups in total. The van der Waals surface area contributed by atoms with E-state index in [1.165, 1.54) is 21.9 Å². The summed E-state index contributed by atoms with van der Waals surface area (Å²) >= 11 is 0. The zero-order valence-electron chi connectivity index (χ0n) is 28.0. The Kier molecular flexibility index (Phi) is 9.26. The van der Waals surface area contributed by atoms with Crippen molar-refractivity contribution in [2.45, 2.75) is 48.5 Å². The summed E-state index contributed by atoms with van der Waals surface area (Å²) in [6.07, 6.45) is 0. The predicted molar refractivity (Wildman–Crippen MR) is 178 cm³/mol. The van der Waals surface area contributed by atoms with E-state index >= 15 is 0 Å². The molecule has 1 aliphatic rings. The lowest BCUT2D eigenvalue weighted by Crippen LogP contribution is -2.70. The fourth-order valence-corrected chi connectivity index (χ4v) is 13.2. The average Bonchev–Trinajstić information content (AvgIpc) is 3.20. The Labute approximate surface area is 258 Å². The molecular weight excluding hydrogens is 556 g/mol. The Morgan fingerprint density at radius 1 is 0.442 bits per heavy atom. The van der Waals surface area contributed by atoms with Crippen LogP contribution in [0.25, 0.3) is 0 Å². The van der Waals surface area contributed by atoms with Crippen LogP contribution in [0, 0.1) is 26.7 Å². The molecule has 0 amide bonds. The summed E-state index contributed by atoms with van der Waals surface area (Å²) < 4.78 is 36.2. The second kappa shape index (κ2) is 12.4. The third-order valence-corrected chi connectivity index (χ3v) is 14.6. The van der Waals surface area contributed by atoms with Crippen molar-refractivity contribution in [3.05, 3.63) is 75.0 Å². The topological polar surface area (TPSA) is 55.4 Å². The average molecular weight is 603 g/mol. The van der Waals surface area contributed by atoms with Gasteiger partial charge in [0.25, 0.3) is 0 Å². The molecule has 0 saturated heterocycles. The highest BCUT2D eigenvalue weighted by molar-refractivity contribution is 7.17. The van der Waals surface area contributed by atoms with Crippen LogP contribution in [0.15, 0.2) is 58.3 Å². The third kappa shape index (κ3) is 4.97. The van der Waals surface area contributed by atoms with Crippen LogP contribution in [0.5, 0.6) is 34.5 Å². The number of ether oxygens (including phenoxy) is 6. The Morgan fingerprint density at radius 2 is 0.744 bits per heavy atom. The lowest BCUT2D eigenvalue weighted by Gasteiger charge is -2.41. The molecule has 3 aromatic carbocycles. The monoisotopic (exact) mass is 602 g/mol. The van der Waals surface area contributed by atoms with Crippen molar-refractivity contribution in [3.8, 4) is 34.5 Å². The van der Waals surface area contributed by atoms with E-state index in [4.69, 9.17) is 28.4 Å². The molecule has 230 valence electrons. The zero-order chi connectivity index (χ0) is 31.8. The van der Waals surface area contributed by atoms with Crippen LogP contribution in [0.4, 0.5) is 0 Å². The van der Waals surface area contributed by atoms with Gasteiger partial charge in [-0.25, -0.2) is 0 Å². The van der Waals surface area contributed by atoms with Crippen LogP contribution in [0.2, 0.25) is 0 Å². The van der Waals surface area contributed by atoms with E-state index in [9.17, 15) is 0 Å². The van der Waals surface area contributed by atoms with Crippen LogP contribution in [-0.2, 0) is 0 Å². The molecule has 0 saturated carbocycles. The van der Waals surface area contributed by atoms with Gasteiger partial charge in [0.1, 0.15) is 34.5 Å². The van der Waals surface area contributed by atoms with Crippen LogP contribution in [0.3, 0.4) is 0 Å². The molecule has 0 aliphatic heterocycles. The van der Waals surface area contributed by atoms with Gasteiger partial charge in [-0.15, -0.1) is 0 Å². The van der Waals surface area contributed by atoms with Crippen molar-refractivity contribution in [3.63, 3.8) is 0 Å². The Bertz CT molecular complexity index is 1470. The standard InChI is InChI=1S/C36H46O6Si/c1-20-14-33(30(40-11)17-27(20)37-8)43(36-25(6)23(4)24(5)26(36)7,34-15-21(2)28(38-9)18-31(34)41-12)35-16-22(3)29(39-10)19-32(35)42-13/h14-19,25H,1-13H3. The largest absolute Gasteiger partial charge is 0.497 e. The van der Waals surface area contributed by atoms with E-state index in [1.54, 1.807) is 42.7 Å². The van der Waals surface area contributed by atoms with Gasteiger partial charge in [-0.2, -0.15) is 0 Å². The molecule has 0 spiro atoms. The normalized spacial score (nSPS) is 15.1. The van der Waals surface area contributed by atoms with Gasteiger partial charge >= 0.3 is 0 Å². The van der Waals surface area contributed by atoms with Gasteiger partial charge in [0, 0.05) is 18.2 Å². The predicted octanol–water partition coefficient (Wildman–Crippen LogP) is 5.98. The smallest absolute Gasteiger partial charge is 0.189 e. The Hall–Kier alpha value is -3.84. The number of aryl methyl sites for hydroxylation is 3. The number of rotatable bonds is 10. The van der Waals surface area contributed by atoms with Crippen molar-refractivity contribution in [2.24, 2.45) is 5.92 Å². The minimum absolute atomic E-state index is 0.165. The van der Waals surface area contributed by atoms with Crippen LogP contribution in [-0.4, -0.2) is 50.7 Å². The highest BCUT2D eigenvalue weighted by Crippen LogP contribution is 2.45. The number of hydrogen-bond donors (Lipinski definition) is 0. The van der Waals surface area contributed by atoms with Gasteiger partial charge in [-0.1, -0.05) is 41.5 Å². The van der Waals surface area contributed by atoms with Crippen LogP contribution < -0.4 is 44.0 Å². The quantitative estimate of drug-likeness (QED) is 0.210. The summed E-state index contributed by atoms with van der Waals surface area (Å²) in [6, 6.07) is 12.8. The van der Waals surface area contributed by atoms with Crippen molar-refractivity contribution >= 4 is 23.6 Å². The summed E-state index contributed by atoms with van der Waals surface area (Å²) in [7, 11) is 6.97. The molecule has 0 radical (unpaired) electrons. The SMILES string of the molecule is COc1cc(OC)c([Si](C2=C(C)C(C)=C(C)C2C)(c2cc(C)c(OC)cc2OC)c2cc(C)c(OC)cc2OC)cc1C. The molecule has 0 aromatic heterocycles. The van der Waals surface area contributed by atoms with Gasteiger partial charge in [0.15, 0.2) is 8.07 Å². The maximum Gasteiger partial charge on any atom is 0.189 e. The molecule has 0 heterocycles. The van der Waals surface area contributed by atoms with Crippen LogP contribution >= 0.6 is 0 Å². The van der Waals surface area contributed by atoms with E-state index in [0.29, 0.717) is 0 Å². The molecule has 1 atom stereocenters. The molecule has 4 rings (SSSR count). The third-order valence-electron chi connectivity index (χ3n) is 9.41. The first-order chi connectivity index (χ1) is 20.5. The van der Waals surface area contributed by atoms with E-state index in [1.807, 2.05) is 18.2 Å². The zero-order valence-corrected chi connectivity index (χ0v) is 29.0. The molecule has 1 unspecified atom stereocenters. The van der Waals surface area contributed by atoms with Gasteiger partial charge < -0.3 is 28.4 Å². The second-order valence-electron chi connectivity index (χ2n) is 11.4. The first kappa shape index (κ1) is 32.1. The molecule has 0 fully saturated rings. The van der Waals surface area contributed by atoms with Crippen molar-refractivity contribution < 1.29 is 28.4 Å². The number of benzene rings is 3. The van der Waals surface area contributed by atoms with Gasteiger partial charge in [-0.3, -0.25) is 0 Å². The summed E-state index contributed by atoms with van der Waals surface area (Å²) in [5.41, 5.74) is 7.04. The van der Waals surface area contributed by atoms with E-state index in [2.05, 4.69) is 66.7 Å². The van der Waals surface area contributed by atoms with Crippen molar-refractivity contribution in [1.29, 1.82) is 0 Å². The number of allylic oxidation sites excluding steroid dienone is 4. The first-order valence-corrected chi connectivity index (χ1v) is 16.5. The summed E-state index contributed by atoms with van der Waals surface area (Å²) in [4.78, 5) is 0. The lowest BCUT2D eigenvalue weighted by atomic mass is 10.1. The van der Waals surface area contributed by atoms with Crippen LogP contribution in [0.1, 0.15) is 44.4 Å². The van der Waals surface area contributed by atoms with E-state index < -0.39 is 8.07 Å². The maximum absolute atomic E-state index is 6.26. The minimum atomic E-state index is -3.30. The fourth-order valence-electron chi connectivity index (χ4n) is 6.89. The molecule has 7 heteroatoms. The highest BCUT2D eigenvalue weighted by atomic mass is 28.3. The van der Waals surface area contributed by atoms with Gasteiger partial charge in [0.2, 0.25) is 0 Å². The van der Waals surface area contributed by atoms with Gasteiger partial charge in [-0.05, 0) is 85.3 Å². The lowest BCUT2D eigenvalue weighted by molar-refractivity contribution is 0.393. The molecule has 1 aliphatic carbocycles. The summed E-state index contributed by atoms with van der Waals surface area (Å²) in [5, 5.41) is 4.67. The molecule has 0 bridgehead atoms. The molecule has 6 nitrogen and oxygen atoms in total. The molecule has 43 heavy (non-hydrogen) atoms. The van der Waals surface area contributed by atoms with Crippen molar-refractivity contribution in [2.75, 3.05) is 42.7 Å². The Morgan fingerprint density at radius 3 is 0.977 bits per heavy atom. The Balaban J connectivity index is 2.42. The van der Waals surface area contributed by atoms with E-state index in [-0.39, 0.29) is 5.92 Å². The molecule has 3 aromatic rings. The maximum atomic E-state index is 6.26.